The number of allylic oxidation sites excluding steroid dienone is 1. The molecule has 0 spiro atoms. The van der Waals surface area contributed by atoms with E-state index in [1.807, 2.05) is 61.5 Å². The summed E-state index contributed by atoms with van der Waals surface area (Å²) in [6.45, 7) is 3.75. The number of halogens is 1. The zero-order valence-electron chi connectivity index (χ0n) is 18.8. The van der Waals surface area contributed by atoms with Crippen LogP contribution in [0.2, 0.25) is 5.02 Å². The Balaban J connectivity index is 1.90. The molecule has 1 aliphatic rings. The molecule has 0 radical (unpaired) electrons. The highest BCUT2D eigenvalue weighted by atomic mass is 35.5. The van der Waals surface area contributed by atoms with Gasteiger partial charge in [0.2, 0.25) is 0 Å². The van der Waals surface area contributed by atoms with Crippen LogP contribution in [0.25, 0.3) is 6.08 Å². The van der Waals surface area contributed by atoms with Crippen LogP contribution in [0.15, 0.2) is 69.6 Å². The largest absolute Gasteiger partial charge is 0.463 e. The van der Waals surface area contributed by atoms with Crippen LogP contribution in [0, 0.1) is 0 Å². The number of nitrogens with zero attached hydrogens (tertiary/aromatic N) is 3. The fourth-order valence-corrected chi connectivity index (χ4v) is 4.94. The molecule has 2 heterocycles. The van der Waals surface area contributed by atoms with Crippen LogP contribution >= 0.6 is 22.9 Å². The van der Waals surface area contributed by atoms with Gasteiger partial charge in [-0.25, -0.2) is 9.79 Å². The molecule has 0 aliphatic carbocycles. The van der Waals surface area contributed by atoms with Crippen LogP contribution in [0.4, 0.5) is 5.69 Å². The summed E-state index contributed by atoms with van der Waals surface area (Å²) in [6.07, 6.45) is 1.85. The van der Waals surface area contributed by atoms with Gasteiger partial charge in [-0.3, -0.25) is 9.36 Å². The third-order valence-electron chi connectivity index (χ3n) is 5.41. The monoisotopic (exact) mass is 481 g/mol. The summed E-state index contributed by atoms with van der Waals surface area (Å²) >= 11 is 7.39. The standard InChI is InChI=1S/C25H24ClN3O3S/c1-5-32-24(31)21-15(2)27-25-29(22(21)17-8-10-18(26)11-9-17)23(30)20(33-25)14-16-6-12-19(13-7-16)28(3)4/h6-14,22H,5H2,1-4H3/b20-14-. The summed E-state index contributed by atoms with van der Waals surface area (Å²) in [5.74, 6) is -0.479. The lowest BCUT2D eigenvalue weighted by atomic mass is 9.96. The molecule has 8 heteroatoms. The third-order valence-corrected chi connectivity index (χ3v) is 6.64. The molecule has 0 fully saturated rings. The summed E-state index contributed by atoms with van der Waals surface area (Å²) in [4.78, 5) is 33.6. The minimum absolute atomic E-state index is 0.204. The van der Waals surface area contributed by atoms with Crippen molar-refractivity contribution in [3.8, 4) is 0 Å². The number of anilines is 1. The normalized spacial score (nSPS) is 15.8. The number of ether oxygens (including phenoxy) is 1. The lowest BCUT2D eigenvalue weighted by Gasteiger charge is -2.24. The Hall–Kier alpha value is -3.16. The van der Waals surface area contributed by atoms with Gasteiger partial charge in [0.1, 0.15) is 0 Å². The number of thiazole rings is 1. The topological polar surface area (TPSA) is 63.9 Å². The molecule has 0 bridgehead atoms. The molecule has 0 amide bonds. The lowest BCUT2D eigenvalue weighted by Crippen LogP contribution is -2.39. The average Bonchev–Trinajstić information content (AvgIpc) is 3.08. The SMILES string of the molecule is CCOC(=O)C1=C(C)N=c2s/c(=C\c3ccc(N(C)C)cc3)c(=O)n2C1c1ccc(Cl)cc1. The van der Waals surface area contributed by atoms with Gasteiger partial charge in [-0.05, 0) is 55.3 Å². The molecule has 3 aromatic rings. The molecule has 4 rings (SSSR count). The zero-order chi connectivity index (χ0) is 23.7. The summed E-state index contributed by atoms with van der Waals surface area (Å²) < 4.78 is 7.43. The predicted molar refractivity (Wildman–Crippen MR) is 133 cm³/mol. The Kier molecular flexibility index (Phi) is 6.54. The Morgan fingerprint density at radius 3 is 2.45 bits per heavy atom. The van der Waals surface area contributed by atoms with Crippen LogP contribution in [-0.4, -0.2) is 31.2 Å². The van der Waals surface area contributed by atoms with Gasteiger partial charge in [0, 0.05) is 24.8 Å². The molecule has 170 valence electrons. The molecule has 6 nitrogen and oxygen atoms in total. The van der Waals surface area contributed by atoms with E-state index in [1.165, 1.54) is 11.3 Å². The Morgan fingerprint density at radius 2 is 1.85 bits per heavy atom. The van der Waals surface area contributed by atoms with Gasteiger partial charge in [-0.2, -0.15) is 0 Å². The first-order chi connectivity index (χ1) is 15.8. The van der Waals surface area contributed by atoms with Crippen molar-refractivity contribution in [1.29, 1.82) is 0 Å². The number of carbonyl (C=O) groups is 1. The van der Waals surface area contributed by atoms with Gasteiger partial charge in [-0.15, -0.1) is 0 Å². The van der Waals surface area contributed by atoms with Crippen LogP contribution < -0.4 is 19.8 Å². The Labute approximate surface area is 200 Å². The summed E-state index contributed by atoms with van der Waals surface area (Å²) in [6, 6.07) is 14.4. The number of carbonyl (C=O) groups excluding carboxylic acids is 1. The number of benzene rings is 2. The first-order valence-corrected chi connectivity index (χ1v) is 11.7. The molecule has 1 atom stereocenters. The number of rotatable bonds is 5. The maximum Gasteiger partial charge on any atom is 0.338 e. The van der Waals surface area contributed by atoms with E-state index in [0.29, 0.717) is 25.6 Å². The number of aromatic nitrogens is 1. The predicted octanol–water partition coefficient (Wildman–Crippen LogP) is 3.52. The average molecular weight is 482 g/mol. The first kappa shape index (κ1) is 23.0. The second-order valence-electron chi connectivity index (χ2n) is 7.84. The van der Waals surface area contributed by atoms with Crippen LogP contribution in [0.3, 0.4) is 0 Å². The zero-order valence-corrected chi connectivity index (χ0v) is 20.4. The maximum absolute atomic E-state index is 13.5. The minimum Gasteiger partial charge on any atom is -0.463 e. The van der Waals surface area contributed by atoms with Crippen molar-refractivity contribution in [1.82, 2.24) is 4.57 Å². The molecule has 0 N–H and O–H groups in total. The van der Waals surface area contributed by atoms with E-state index in [2.05, 4.69) is 4.99 Å². The Bertz CT molecular complexity index is 1400. The molecule has 33 heavy (non-hydrogen) atoms. The molecule has 1 aromatic heterocycles. The second-order valence-corrected chi connectivity index (χ2v) is 9.29. The number of hydrogen-bond donors (Lipinski definition) is 0. The molecule has 1 aliphatic heterocycles. The van der Waals surface area contributed by atoms with E-state index in [-0.39, 0.29) is 12.2 Å². The number of fused-ring (bicyclic) bond motifs is 1. The lowest BCUT2D eigenvalue weighted by molar-refractivity contribution is -0.139. The Morgan fingerprint density at radius 1 is 1.18 bits per heavy atom. The maximum atomic E-state index is 13.5. The van der Waals surface area contributed by atoms with Crippen molar-refractivity contribution in [2.45, 2.75) is 19.9 Å². The van der Waals surface area contributed by atoms with Crippen molar-refractivity contribution in [2.75, 3.05) is 25.6 Å². The molecule has 2 aromatic carbocycles. The van der Waals surface area contributed by atoms with Gasteiger partial charge < -0.3 is 9.64 Å². The molecule has 0 saturated carbocycles. The molecular formula is C25H24ClN3O3S. The highest BCUT2D eigenvalue weighted by Crippen LogP contribution is 2.31. The highest BCUT2D eigenvalue weighted by molar-refractivity contribution is 7.07. The fraction of sp³-hybridized carbons (Fsp3) is 0.240. The molecule has 0 saturated heterocycles. The van der Waals surface area contributed by atoms with Crippen molar-refractivity contribution in [3.63, 3.8) is 0 Å². The van der Waals surface area contributed by atoms with Gasteiger partial charge in [0.25, 0.3) is 5.56 Å². The molecule has 1 unspecified atom stereocenters. The fourth-order valence-electron chi connectivity index (χ4n) is 3.77. The van der Waals surface area contributed by atoms with Crippen LogP contribution in [0.5, 0.6) is 0 Å². The van der Waals surface area contributed by atoms with Crippen molar-refractivity contribution in [3.05, 3.63) is 95.6 Å². The summed E-state index contributed by atoms with van der Waals surface area (Å²) in [5, 5.41) is 0.575. The van der Waals surface area contributed by atoms with Crippen molar-refractivity contribution >= 4 is 40.7 Å². The molecular weight excluding hydrogens is 458 g/mol. The van der Waals surface area contributed by atoms with Crippen LogP contribution in [0.1, 0.15) is 31.0 Å². The van der Waals surface area contributed by atoms with Crippen molar-refractivity contribution < 1.29 is 9.53 Å². The minimum atomic E-state index is -0.643. The smallest absolute Gasteiger partial charge is 0.338 e. The van der Waals surface area contributed by atoms with Crippen LogP contribution in [-0.2, 0) is 9.53 Å². The third kappa shape index (κ3) is 4.51. The van der Waals surface area contributed by atoms with E-state index in [1.54, 1.807) is 30.5 Å². The van der Waals surface area contributed by atoms with E-state index < -0.39 is 12.0 Å². The number of esters is 1. The van der Waals surface area contributed by atoms with E-state index in [9.17, 15) is 9.59 Å². The van der Waals surface area contributed by atoms with Gasteiger partial charge in [0.05, 0.1) is 28.5 Å². The summed E-state index contributed by atoms with van der Waals surface area (Å²) in [7, 11) is 3.96. The van der Waals surface area contributed by atoms with E-state index in [4.69, 9.17) is 16.3 Å². The van der Waals surface area contributed by atoms with Gasteiger partial charge >= 0.3 is 5.97 Å². The van der Waals surface area contributed by atoms with E-state index in [0.717, 1.165) is 16.8 Å². The van der Waals surface area contributed by atoms with Crippen molar-refractivity contribution in [2.24, 2.45) is 4.99 Å². The quantitative estimate of drug-likeness (QED) is 0.523. The summed E-state index contributed by atoms with van der Waals surface area (Å²) in [5.41, 5.74) is 3.44. The van der Waals surface area contributed by atoms with Gasteiger partial charge in [0.15, 0.2) is 4.80 Å². The van der Waals surface area contributed by atoms with Gasteiger partial charge in [-0.1, -0.05) is 47.2 Å². The number of hydrogen-bond acceptors (Lipinski definition) is 6. The first-order valence-electron chi connectivity index (χ1n) is 10.5. The highest BCUT2D eigenvalue weighted by Gasteiger charge is 2.33. The van der Waals surface area contributed by atoms with E-state index >= 15 is 0 Å². The second kappa shape index (κ2) is 9.37.